The highest BCUT2D eigenvalue weighted by Gasteiger charge is 2.09. The molecule has 0 fully saturated rings. The quantitative estimate of drug-likeness (QED) is 0.781. The second-order valence-electron chi connectivity index (χ2n) is 5.14. The standard InChI is InChI=1S/C18H19N3O2/c1-3-17(22)19-14-9-7-13(8-10-14)15-12-21-11-5-6-16(23-4-2)18(21)20-15/h5-12H,3-4H2,1-2H3,(H,19,22). The molecule has 0 saturated carbocycles. The molecule has 5 heteroatoms. The first-order valence-electron chi connectivity index (χ1n) is 7.72. The van der Waals surface area contributed by atoms with E-state index in [2.05, 4.69) is 10.3 Å². The van der Waals surface area contributed by atoms with E-state index in [1.807, 2.05) is 67.0 Å². The molecule has 1 N–H and O–H groups in total. The Kier molecular flexibility index (Phi) is 4.28. The highest BCUT2D eigenvalue weighted by Crippen LogP contribution is 2.25. The van der Waals surface area contributed by atoms with Gasteiger partial charge in [0.25, 0.3) is 0 Å². The fourth-order valence-electron chi connectivity index (χ4n) is 2.37. The first-order valence-corrected chi connectivity index (χ1v) is 7.72. The Morgan fingerprint density at radius 2 is 2.00 bits per heavy atom. The molecule has 0 bridgehead atoms. The normalized spacial score (nSPS) is 10.7. The molecule has 2 heterocycles. The fraction of sp³-hybridized carbons (Fsp3) is 0.222. The van der Waals surface area contributed by atoms with E-state index in [0.717, 1.165) is 28.3 Å². The van der Waals surface area contributed by atoms with Gasteiger partial charge in [-0.3, -0.25) is 4.79 Å². The third-order valence-electron chi connectivity index (χ3n) is 3.53. The van der Waals surface area contributed by atoms with E-state index < -0.39 is 0 Å². The van der Waals surface area contributed by atoms with Crippen LogP contribution in [0.5, 0.6) is 5.75 Å². The van der Waals surface area contributed by atoms with Gasteiger partial charge in [0, 0.05) is 30.1 Å². The number of carbonyl (C=O) groups excluding carboxylic acids is 1. The van der Waals surface area contributed by atoms with Crippen LogP contribution in [0.3, 0.4) is 0 Å². The fourth-order valence-corrected chi connectivity index (χ4v) is 2.37. The van der Waals surface area contributed by atoms with E-state index in [4.69, 9.17) is 4.74 Å². The number of benzene rings is 1. The van der Waals surface area contributed by atoms with Crippen LogP contribution in [0.25, 0.3) is 16.9 Å². The number of aromatic nitrogens is 2. The molecule has 1 aromatic carbocycles. The van der Waals surface area contributed by atoms with Crippen LogP contribution >= 0.6 is 0 Å². The molecule has 5 nitrogen and oxygen atoms in total. The molecule has 23 heavy (non-hydrogen) atoms. The van der Waals surface area contributed by atoms with Crippen LogP contribution in [0.4, 0.5) is 5.69 Å². The Bertz CT molecular complexity index is 822. The summed E-state index contributed by atoms with van der Waals surface area (Å²) < 4.78 is 7.56. The average molecular weight is 309 g/mol. The van der Waals surface area contributed by atoms with Gasteiger partial charge in [0.05, 0.1) is 12.3 Å². The van der Waals surface area contributed by atoms with Crippen molar-refractivity contribution in [1.29, 1.82) is 0 Å². The lowest BCUT2D eigenvalue weighted by Crippen LogP contribution is -2.08. The van der Waals surface area contributed by atoms with Crippen molar-refractivity contribution in [3.63, 3.8) is 0 Å². The van der Waals surface area contributed by atoms with Crippen molar-refractivity contribution in [1.82, 2.24) is 9.38 Å². The topological polar surface area (TPSA) is 55.6 Å². The van der Waals surface area contributed by atoms with Crippen LogP contribution in [0.1, 0.15) is 20.3 Å². The predicted molar refractivity (Wildman–Crippen MR) is 90.7 cm³/mol. The Balaban J connectivity index is 1.91. The van der Waals surface area contributed by atoms with Gasteiger partial charge in [-0.2, -0.15) is 0 Å². The van der Waals surface area contributed by atoms with Crippen molar-refractivity contribution in [3.05, 3.63) is 48.8 Å². The van der Waals surface area contributed by atoms with Crippen LogP contribution in [0.15, 0.2) is 48.8 Å². The average Bonchev–Trinajstić information content (AvgIpc) is 3.01. The zero-order valence-electron chi connectivity index (χ0n) is 13.2. The van der Waals surface area contributed by atoms with Gasteiger partial charge in [0.15, 0.2) is 11.4 Å². The predicted octanol–water partition coefficient (Wildman–Crippen LogP) is 3.75. The summed E-state index contributed by atoms with van der Waals surface area (Å²) in [7, 11) is 0. The molecule has 3 aromatic rings. The number of nitrogens with zero attached hydrogens (tertiary/aromatic N) is 2. The van der Waals surface area contributed by atoms with Gasteiger partial charge in [-0.15, -0.1) is 0 Å². The Morgan fingerprint density at radius 3 is 2.70 bits per heavy atom. The summed E-state index contributed by atoms with van der Waals surface area (Å²) in [6, 6.07) is 11.5. The minimum absolute atomic E-state index is 0.00633. The number of pyridine rings is 1. The van der Waals surface area contributed by atoms with Crippen molar-refractivity contribution in [3.8, 4) is 17.0 Å². The molecule has 0 spiro atoms. The second kappa shape index (κ2) is 6.52. The van der Waals surface area contributed by atoms with Gasteiger partial charge in [0.1, 0.15) is 0 Å². The van der Waals surface area contributed by atoms with Crippen LogP contribution in [0.2, 0.25) is 0 Å². The third-order valence-corrected chi connectivity index (χ3v) is 3.53. The number of hydrogen-bond donors (Lipinski definition) is 1. The summed E-state index contributed by atoms with van der Waals surface area (Å²) in [5.41, 5.74) is 3.45. The number of fused-ring (bicyclic) bond motifs is 1. The summed E-state index contributed by atoms with van der Waals surface area (Å²) in [6.45, 7) is 4.39. The minimum Gasteiger partial charge on any atom is -0.490 e. The zero-order valence-corrected chi connectivity index (χ0v) is 13.2. The maximum absolute atomic E-state index is 11.4. The SMILES string of the molecule is CCOc1cccn2cc(-c3ccc(NC(=O)CC)cc3)nc12. The number of carbonyl (C=O) groups is 1. The summed E-state index contributed by atoms with van der Waals surface area (Å²) in [5.74, 6) is 0.778. The summed E-state index contributed by atoms with van der Waals surface area (Å²) >= 11 is 0. The summed E-state index contributed by atoms with van der Waals surface area (Å²) in [4.78, 5) is 16.1. The van der Waals surface area contributed by atoms with Crippen molar-refractivity contribution in [2.24, 2.45) is 0 Å². The van der Waals surface area contributed by atoms with Crippen LogP contribution in [-0.2, 0) is 4.79 Å². The molecule has 1 amide bonds. The number of rotatable bonds is 5. The second-order valence-corrected chi connectivity index (χ2v) is 5.14. The minimum atomic E-state index is 0.00633. The smallest absolute Gasteiger partial charge is 0.224 e. The monoisotopic (exact) mass is 309 g/mol. The van der Waals surface area contributed by atoms with E-state index in [1.54, 1.807) is 0 Å². The third kappa shape index (κ3) is 3.18. The number of anilines is 1. The molecule has 0 atom stereocenters. The zero-order chi connectivity index (χ0) is 16.2. The first-order chi connectivity index (χ1) is 11.2. The van der Waals surface area contributed by atoms with E-state index in [1.165, 1.54) is 0 Å². The molecule has 0 aliphatic carbocycles. The molecular formula is C18H19N3O2. The number of amides is 1. The lowest BCUT2D eigenvalue weighted by Gasteiger charge is -2.04. The van der Waals surface area contributed by atoms with Crippen molar-refractivity contribution < 1.29 is 9.53 Å². The number of hydrogen-bond acceptors (Lipinski definition) is 3. The number of imidazole rings is 1. The summed E-state index contributed by atoms with van der Waals surface area (Å²) in [6.07, 6.45) is 4.38. The van der Waals surface area contributed by atoms with Crippen LogP contribution < -0.4 is 10.1 Å². The Morgan fingerprint density at radius 1 is 1.22 bits per heavy atom. The number of ether oxygens (including phenoxy) is 1. The van der Waals surface area contributed by atoms with Gasteiger partial charge in [-0.1, -0.05) is 19.1 Å². The summed E-state index contributed by atoms with van der Waals surface area (Å²) in [5, 5.41) is 2.84. The molecule has 0 aliphatic rings. The lowest BCUT2D eigenvalue weighted by atomic mass is 10.1. The molecule has 0 unspecified atom stereocenters. The highest BCUT2D eigenvalue weighted by atomic mass is 16.5. The van der Waals surface area contributed by atoms with Crippen molar-refractivity contribution in [2.45, 2.75) is 20.3 Å². The van der Waals surface area contributed by atoms with Crippen LogP contribution in [-0.4, -0.2) is 21.9 Å². The molecule has 0 radical (unpaired) electrons. The van der Waals surface area contributed by atoms with Crippen molar-refractivity contribution in [2.75, 3.05) is 11.9 Å². The largest absolute Gasteiger partial charge is 0.490 e. The Hall–Kier alpha value is -2.82. The van der Waals surface area contributed by atoms with E-state index in [-0.39, 0.29) is 5.91 Å². The number of nitrogens with one attached hydrogen (secondary N) is 1. The molecule has 0 aliphatic heterocycles. The van der Waals surface area contributed by atoms with Gasteiger partial charge >= 0.3 is 0 Å². The van der Waals surface area contributed by atoms with Crippen LogP contribution in [0, 0.1) is 0 Å². The van der Waals surface area contributed by atoms with Crippen molar-refractivity contribution >= 4 is 17.2 Å². The maximum atomic E-state index is 11.4. The maximum Gasteiger partial charge on any atom is 0.224 e. The molecule has 2 aromatic heterocycles. The lowest BCUT2D eigenvalue weighted by molar-refractivity contribution is -0.115. The highest BCUT2D eigenvalue weighted by molar-refractivity contribution is 5.90. The van der Waals surface area contributed by atoms with Gasteiger partial charge in [-0.25, -0.2) is 4.98 Å². The molecule has 118 valence electrons. The van der Waals surface area contributed by atoms with E-state index in [9.17, 15) is 4.79 Å². The Labute approximate surface area is 134 Å². The van der Waals surface area contributed by atoms with Gasteiger partial charge < -0.3 is 14.5 Å². The van der Waals surface area contributed by atoms with E-state index in [0.29, 0.717) is 13.0 Å². The van der Waals surface area contributed by atoms with Gasteiger partial charge in [0.2, 0.25) is 5.91 Å². The molecular weight excluding hydrogens is 290 g/mol. The first kappa shape index (κ1) is 15.1. The molecule has 0 saturated heterocycles. The molecule has 3 rings (SSSR count). The van der Waals surface area contributed by atoms with Gasteiger partial charge in [-0.05, 0) is 31.2 Å². The van der Waals surface area contributed by atoms with E-state index >= 15 is 0 Å².